The molecule has 148 valence electrons. The highest BCUT2D eigenvalue weighted by Crippen LogP contribution is 2.36. The number of aryl methyl sites for hydroxylation is 2. The monoisotopic (exact) mass is 395 g/mol. The Kier molecular flexibility index (Phi) is 4.40. The van der Waals surface area contributed by atoms with Crippen molar-refractivity contribution in [3.05, 3.63) is 101 Å². The second kappa shape index (κ2) is 7.23. The second-order valence-corrected chi connectivity index (χ2v) is 7.58. The van der Waals surface area contributed by atoms with Crippen molar-refractivity contribution < 1.29 is 14.3 Å². The summed E-state index contributed by atoms with van der Waals surface area (Å²) in [7, 11) is 1.99. The van der Waals surface area contributed by atoms with Crippen LogP contribution in [-0.2, 0) is 13.7 Å². The normalized spacial score (nSPS) is 14.2. The molecule has 1 aliphatic heterocycles. The smallest absolute Gasteiger partial charge is 0.231 e. The van der Waals surface area contributed by atoms with Crippen molar-refractivity contribution in [1.29, 1.82) is 0 Å². The van der Waals surface area contributed by atoms with Crippen LogP contribution in [0.2, 0.25) is 0 Å². The van der Waals surface area contributed by atoms with Crippen molar-refractivity contribution in [3.63, 3.8) is 0 Å². The highest BCUT2D eigenvalue weighted by molar-refractivity contribution is 6.15. The summed E-state index contributed by atoms with van der Waals surface area (Å²) in [6, 6.07) is 21.7. The Morgan fingerprint density at radius 1 is 1.03 bits per heavy atom. The first-order valence-corrected chi connectivity index (χ1v) is 9.89. The van der Waals surface area contributed by atoms with Gasteiger partial charge in [0.2, 0.25) is 5.78 Å². The van der Waals surface area contributed by atoms with E-state index >= 15 is 0 Å². The lowest BCUT2D eigenvalue weighted by Gasteiger charge is -2.07. The predicted molar refractivity (Wildman–Crippen MR) is 118 cm³/mol. The van der Waals surface area contributed by atoms with Gasteiger partial charge < -0.3 is 14.0 Å². The van der Waals surface area contributed by atoms with E-state index in [1.165, 1.54) is 5.56 Å². The molecule has 0 bridgehead atoms. The van der Waals surface area contributed by atoms with Crippen LogP contribution < -0.4 is 9.47 Å². The zero-order chi connectivity index (χ0) is 20.7. The van der Waals surface area contributed by atoms with Gasteiger partial charge in [0.15, 0.2) is 5.76 Å². The molecule has 0 radical (unpaired) electrons. The van der Waals surface area contributed by atoms with E-state index < -0.39 is 0 Å². The average Bonchev–Trinajstić information content (AvgIpc) is 3.24. The van der Waals surface area contributed by atoms with Crippen LogP contribution in [0.4, 0.5) is 0 Å². The van der Waals surface area contributed by atoms with E-state index in [0.717, 1.165) is 22.0 Å². The molecule has 0 atom stereocenters. The van der Waals surface area contributed by atoms with Gasteiger partial charge in [0.05, 0.1) is 5.56 Å². The molecule has 5 rings (SSSR count). The maximum absolute atomic E-state index is 12.8. The Balaban J connectivity index is 1.39. The molecule has 30 heavy (non-hydrogen) atoms. The number of Topliss-reactive ketones (excluding diaryl/α,β-unsaturated/α-hetero) is 1. The van der Waals surface area contributed by atoms with E-state index in [1.54, 1.807) is 12.1 Å². The summed E-state index contributed by atoms with van der Waals surface area (Å²) in [5.41, 5.74) is 4.94. The topological polar surface area (TPSA) is 40.5 Å². The molecule has 3 aromatic carbocycles. The fourth-order valence-corrected chi connectivity index (χ4v) is 3.74. The number of allylic oxidation sites excluding steroid dienone is 1. The molecule has 0 aliphatic carbocycles. The van der Waals surface area contributed by atoms with Gasteiger partial charge in [0.25, 0.3) is 0 Å². The summed E-state index contributed by atoms with van der Waals surface area (Å²) in [5, 5.41) is 1.09. The summed E-state index contributed by atoms with van der Waals surface area (Å²) >= 11 is 0. The number of ketones is 1. The first-order chi connectivity index (χ1) is 14.6. The van der Waals surface area contributed by atoms with E-state index in [-0.39, 0.29) is 5.78 Å². The highest BCUT2D eigenvalue weighted by Gasteiger charge is 2.28. The van der Waals surface area contributed by atoms with Gasteiger partial charge in [0, 0.05) is 35.8 Å². The summed E-state index contributed by atoms with van der Waals surface area (Å²) in [6.07, 6.45) is 3.82. The summed E-state index contributed by atoms with van der Waals surface area (Å²) in [5.74, 6) is 1.43. The Morgan fingerprint density at radius 2 is 1.83 bits per heavy atom. The Bertz CT molecular complexity index is 1300. The number of hydrogen-bond acceptors (Lipinski definition) is 3. The van der Waals surface area contributed by atoms with Gasteiger partial charge >= 0.3 is 0 Å². The second-order valence-electron chi connectivity index (χ2n) is 7.58. The maximum atomic E-state index is 12.8. The van der Waals surface area contributed by atoms with Crippen LogP contribution in [0.3, 0.4) is 0 Å². The summed E-state index contributed by atoms with van der Waals surface area (Å²) in [4.78, 5) is 12.8. The predicted octanol–water partition coefficient (Wildman–Crippen LogP) is 5.68. The molecule has 0 amide bonds. The van der Waals surface area contributed by atoms with E-state index in [1.807, 2.05) is 60.3 Å². The van der Waals surface area contributed by atoms with Crippen LogP contribution in [0.5, 0.6) is 11.5 Å². The molecule has 4 heteroatoms. The molecule has 4 nitrogen and oxygen atoms in total. The van der Waals surface area contributed by atoms with E-state index in [2.05, 4.69) is 25.1 Å². The minimum atomic E-state index is -0.108. The van der Waals surface area contributed by atoms with Gasteiger partial charge in [-0.3, -0.25) is 4.79 Å². The molecule has 1 aliphatic rings. The third-order valence-electron chi connectivity index (χ3n) is 5.38. The number of aromatic nitrogens is 1. The lowest BCUT2D eigenvalue weighted by molar-refractivity contribution is 0.101. The molecule has 0 spiro atoms. The number of ether oxygens (including phenoxy) is 2. The zero-order valence-electron chi connectivity index (χ0n) is 16.9. The zero-order valence-corrected chi connectivity index (χ0v) is 16.9. The van der Waals surface area contributed by atoms with Crippen LogP contribution in [-0.4, -0.2) is 10.4 Å². The molecular weight excluding hydrogens is 374 g/mol. The molecule has 4 aromatic rings. The van der Waals surface area contributed by atoms with Crippen molar-refractivity contribution >= 4 is 22.8 Å². The molecule has 2 heterocycles. The average molecular weight is 395 g/mol. The number of rotatable bonds is 4. The van der Waals surface area contributed by atoms with E-state index in [4.69, 9.17) is 9.47 Å². The van der Waals surface area contributed by atoms with Crippen LogP contribution in [0.1, 0.15) is 27.0 Å². The van der Waals surface area contributed by atoms with Crippen molar-refractivity contribution in [2.75, 3.05) is 0 Å². The maximum Gasteiger partial charge on any atom is 0.231 e. The van der Waals surface area contributed by atoms with E-state index in [9.17, 15) is 4.79 Å². The van der Waals surface area contributed by atoms with Gasteiger partial charge in [-0.05, 0) is 36.8 Å². The van der Waals surface area contributed by atoms with Gasteiger partial charge in [-0.1, -0.05) is 48.0 Å². The lowest BCUT2D eigenvalue weighted by Crippen LogP contribution is -1.97. The minimum absolute atomic E-state index is 0.108. The molecule has 0 N–H and O–H groups in total. The molecule has 0 unspecified atom stereocenters. The first kappa shape index (κ1) is 18.3. The molecule has 1 aromatic heterocycles. The van der Waals surface area contributed by atoms with Crippen molar-refractivity contribution in [1.82, 2.24) is 4.57 Å². The minimum Gasteiger partial charge on any atom is -0.489 e. The fraction of sp³-hybridized carbons (Fsp3) is 0.115. The van der Waals surface area contributed by atoms with Gasteiger partial charge in [-0.2, -0.15) is 0 Å². The van der Waals surface area contributed by atoms with Crippen molar-refractivity contribution in [3.8, 4) is 11.5 Å². The lowest BCUT2D eigenvalue weighted by atomic mass is 10.1. The highest BCUT2D eigenvalue weighted by atomic mass is 16.5. The van der Waals surface area contributed by atoms with Crippen LogP contribution in [0, 0.1) is 6.92 Å². The Labute approximate surface area is 175 Å². The number of carbonyl (C=O) groups is 1. The van der Waals surface area contributed by atoms with Crippen LogP contribution >= 0.6 is 0 Å². The Morgan fingerprint density at radius 3 is 2.67 bits per heavy atom. The van der Waals surface area contributed by atoms with Gasteiger partial charge in [0.1, 0.15) is 18.1 Å². The number of carbonyl (C=O) groups excluding carboxylic acids is 1. The molecule has 0 saturated carbocycles. The Hall–Kier alpha value is -3.79. The third kappa shape index (κ3) is 3.26. The van der Waals surface area contributed by atoms with E-state index in [0.29, 0.717) is 29.4 Å². The van der Waals surface area contributed by atoms with Crippen LogP contribution in [0.15, 0.2) is 78.7 Å². The molecule has 0 saturated heterocycles. The van der Waals surface area contributed by atoms with Crippen LogP contribution in [0.25, 0.3) is 17.0 Å². The number of benzene rings is 3. The number of fused-ring (bicyclic) bond motifs is 2. The molecular formula is C26H21NO3. The number of hydrogen-bond donors (Lipinski definition) is 0. The fourth-order valence-electron chi connectivity index (χ4n) is 3.74. The first-order valence-electron chi connectivity index (χ1n) is 9.89. The number of para-hydroxylation sites is 1. The van der Waals surface area contributed by atoms with Gasteiger partial charge in [-0.15, -0.1) is 0 Å². The summed E-state index contributed by atoms with van der Waals surface area (Å²) in [6.45, 7) is 2.52. The van der Waals surface area contributed by atoms with Crippen molar-refractivity contribution in [2.45, 2.75) is 13.5 Å². The standard InChI is InChI=1S/C26H21NO3/c1-17-7-9-18(10-8-17)16-29-20-11-12-22-24(14-20)30-25(26(22)28)13-19-15-27(2)23-6-4-3-5-21(19)23/h3-15H,16H2,1-2H3/b25-13+. The van der Waals surface area contributed by atoms with Gasteiger partial charge in [-0.25, -0.2) is 0 Å². The molecule has 0 fully saturated rings. The van der Waals surface area contributed by atoms with Crippen molar-refractivity contribution in [2.24, 2.45) is 7.05 Å². The quantitative estimate of drug-likeness (QED) is 0.417. The largest absolute Gasteiger partial charge is 0.489 e. The third-order valence-corrected chi connectivity index (χ3v) is 5.38. The summed E-state index contributed by atoms with van der Waals surface area (Å²) < 4.78 is 13.9. The SMILES string of the molecule is Cc1ccc(COc2ccc3c(c2)O/C(=C/c2cn(C)c4ccccc24)C3=O)cc1. The number of nitrogens with zero attached hydrogens (tertiary/aromatic N) is 1.